The van der Waals surface area contributed by atoms with E-state index in [1.54, 1.807) is 43.6 Å². The Labute approximate surface area is 202 Å². The molecule has 1 aromatic carbocycles. The number of carbonyl (C=O) groups is 2. The molecule has 2 amide bonds. The normalized spacial score (nSPS) is 19.9. The van der Waals surface area contributed by atoms with E-state index >= 15 is 0 Å². The first-order valence-corrected chi connectivity index (χ1v) is 11.4. The van der Waals surface area contributed by atoms with Crippen LogP contribution >= 0.6 is 0 Å². The van der Waals surface area contributed by atoms with Gasteiger partial charge in [-0.25, -0.2) is 9.07 Å². The van der Waals surface area contributed by atoms with E-state index < -0.39 is 0 Å². The molecule has 0 spiro atoms. The minimum Gasteiger partial charge on any atom is -0.394 e. The molecular formula is C26H27FN4O4. The summed E-state index contributed by atoms with van der Waals surface area (Å²) in [6.45, 7) is 1.71. The van der Waals surface area contributed by atoms with Crippen molar-refractivity contribution in [1.82, 2.24) is 14.7 Å². The van der Waals surface area contributed by atoms with E-state index in [1.807, 2.05) is 6.92 Å². The number of nitrogens with zero attached hydrogens (tertiary/aromatic N) is 3. The molecule has 2 heterocycles. The van der Waals surface area contributed by atoms with Crippen molar-refractivity contribution in [2.24, 2.45) is 11.8 Å². The number of halogens is 1. The second-order valence-corrected chi connectivity index (χ2v) is 8.73. The number of rotatable bonds is 6. The maximum absolute atomic E-state index is 13.5. The molecule has 0 radical (unpaired) electrons. The molecule has 8 nitrogen and oxygen atoms in total. The van der Waals surface area contributed by atoms with Gasteiger partial charge in [-0.15, -0.1) is 0 Å². The summed E-state index contributed by atoms with van der Waals surface area (Å²) in [6.07, 6.45) is 8.15. The topological polar surface area (TPSA) is 105 Å². The number of aromatic nitrogens is 2. The third-order valence-electron chi connectivity index (χ3n) is 6.41. The average Bonchev–Trinajstić information content (AvgIpc) is 2.84. The maximum Gasteiger partial charge on any atom is 0.274 e. The van der Waals surface area contributed by atoms with Crippen LogP contribution in [-0.2, 0) is 16.1 Å². The molecule has 9 heteroatoms. The van der Waals surface area contributed by atoms with Crippen molar-refractivity contribution in [2.45, 2.75) is 26.3 Å². The standard InChI is InChI=1S/C26H27FN4O4/c1-16-3-4-18(20-9-10-28-31(11-12-32)26(20)35)13-23(16)29-25(34)22-15-30(2)24(33)14-21(22)17-5-7-19(27)8-6-17/h3-5,7-10,13,15,17,21,32H,6,11-12,14H2,1-2H3,(H,29,34). The number of aryl methyl sites for hydroxylation is 1. The van der Waals surface area contributed by atoms with Crippen molar-refractivity contribution in [2.75, 3.05) is 19.0 Å². The van der Waals surface area contributed by atoms with E-state index in [1.165, 1.54) is 27.9 Å². The van der Waals surface area contributed by atoms with E-state index in [0.717, 1.165) is 5.56 Å². The van der Waals surface area contributed by atoms with Gasteiger partial charge in [-0.1, -0.05) is 18.2 Å². The van der Waals surface area contributed by atoms with Crippen molar-refractivity contribution in [3.8, 4) is 11.1 Å². The molecule has 35 heavy (non-hydrogen) atoms. The summed E-state index contributed by atoms with van der Waals surface area (Å²) in [4.78, 5) is 39.9. The lowest BCUT2D eigenvalue weighted by Gasteiger charge is -2.32. The number of benzene rings is 1. The SMILES string of the molecule is Cc1ccc(-c2ccnn(CCO)c2=O)cc1NC(=O)C1=CN(C)C(=O)CC1C1C=CC(F)=CC1. The molecule has 1 aliphatic carbocycles. The molecule has 2 N–H and O–H groups in total. The minimum absolute atomic E-state index is 0.0820. The number of aliphatic hydroxyl groups is 1. The quantitative estimate of drug-likeness (QED) is 0.664. The van der Waals surface area contributed by atoms with Crippen LogP contribution < -0.4 is 10.9 Å². The molecule has 4 rings (SSSR count). The first kappa shape index (κ1) is 24.3. The van der Waals surface area contributed by atoms with Crippen molar-refractivity contribution in [3.05, 3.63) is 82.2 Å². The Kier molecular flexibility index (Phi) is 7.07. The summed E-state index contributed by atoms with van der Waals surface area (Å²) in [6, 6.07) is 6.91. The molecule has 0 saturated heterocycles. The number of aliphatic hydroxyl groups excluding tert-OH is 1. The number of anilines is 1. The predicted octanol–water partition coefficient (Wildman–Crippen LogP) is 2.94. The highest BCUT2D eigenvalue weighted by molar-refractivity contribution is 6.06. The van der Waals surface area contributed by atoms with Crippen LogP contribution in [0.2, 0.25) is 0 Å². The maximum atomic E-state index is 13.5. The van der Waals surface area contributed by atoms with Crippen molar-refractivity contribution in [1.29, 1.82) is 0 Å². The van der Waals surface area contributed by atoms with Gasteiger partial charge in [0.1, 0.15) is 5.83 Å². The van der Waals surface area contributed by atoms with Crippen molar-refractivity contribution < 1.29 is 19.1 Å². The summed E-state index contributed by atoms with van der Waals surface area (Å²) in [7, 11) is 1.61. The van der Waals surface area contributed by atoms with Crippen LogP contribution in [-0.4, -0.2) is 45.3 Å². The Morgan fingerprint density at radius 2 is 2.09 bits per heavy atom. The van der Waals surface area contributed by atoms with Crippen LogP contribution in [0.1, 0.15) is 18.4 Å². The van der Waals surface area contributed by atoms with Crippen LogP contribution in [0.4, 0.5) is 10.1 Å². The number of carbonyl (C=O) groups excluding carboxylic acids is 2. The van der Waals surface area contributed by atoms with Gasteiger partial charge in [-0.2, -0.15) is 5.10 Å². The first-order chi connectivity index (χ1) is 16.8. The second-order valence-electron chi connectivity index (χ2n) is 8.73. The largest absolute Gasteiger partial charge is 0.394 e. The molecule has 0 saturated carbocycles. The Morgan fingerprint density at radius 1 is 1.29 bits per heavy atom. The number of hydrogen-bond acceptors (Lipinski definition) is 5. The lowest BCUT2D eigenvalue weighted by Crippen LogP contribution is -2.37. The molecule has 2 unspecified atom stereocenters. The fraction of sp³-hybridized carbons (Fsp3) is 0.308. The Balaban J connectivity index is 1.63. The van der Waals surface area contributed by atoms with E-state index in [4.69, 9.17) is 5.11 Å². The van der Waals surface area contributed by atoms with Gasteiger partial charge in [0.05, 0.1) is 18.7 Å². The minimum atomic E-state index is -0.381. The summed E-state index contributed by atoms with van der Waals surface area (Å²) in [5.74, 6) is -1.33. The van der Waals surface area contributed by atoms with E-state index in [-0.39, 0.29) is 54.6 Å². The van der Waals surface area contributed by atoms with Gasteiger partial charge in [-0.05, 0) is 54.7 Å². The molecule has 0 bridgehead atoms. The highest BCUT2D eigenvalue weighted by Crippen LogP contribution is 2.36. The third-order valence-corrected chi connectivity index (χ3v) is 6.41. The first-order valence-electron chi connectivity index (χ1n) is 11.4. The van der Waals surface area contributed by atoms with E-state index in [0.29, 0.717) is 28.8 Å². The summed E-state index contributed by atoms with van der Waals surface area (Å²) in [5, 5.41) is 16.1. The second kappa shape index (κ2) is 10.2. The van der Waals surface area contributed by atoms with Crippen LogP contribution in [0, 0.1) is 18.8 Å². The molecule has 0 fully saturated rings. The van der Waals surface area contributed by atoms with Gasteiger partial charge in [0.25, 0.3) is 11.5 Å². The van der Waals surface area contributed by atoms with Gasteiger partial charge < -0.3 is 15.3 Å². The highest BCUT2D eigenvalue weighted by atomic mass is 19.1. The number of amides is 2. The van der Waals surface area contributed by atoms with Gasteiger partial charge in [0, 0.05) is 43.0 Å². The zero-order chi connectivity index (χ0) is 25.1. The van der Waals surface area contributed by atoms with Crippen LogP contribution in [0.5, 0.6) is 0 Å². The zero-order valence-corrected chi connectivity index (χ0v) is 19.6. The number of hydrogen-bond donors (Lipinski definition) is 2. The highest BCUT2D eigenvalue weighted by Gasteiger charge is 2.35. The fourth-order valence-corrected chi connectivity index (χ4v) is 4.38. The zero-order valence-electron chi connectivity index (χ0n) is 19.6. The van der Waals surface area contributed by atoms with Crippen molar-refractivity contribution >= 4 is 17.5 Å². The van der Waals surface area contributed by atoms with Crippen LogP contribution in [0.25, 0.3) is 11.1 Å². The van der Waals surface area contributed by atoms with Gasteiger partial charge in [-0.3, -0.25) is 14.4 Å². The Morgan fingerprint density at radius 3 is 2.80 bits per heavy atom. The van der Waals surface area contributed by atoms with Crippen LogP contribution in [0.15, 0.2) is 71.1 Å². The Bertz CT molecular complexity index is 1310. The lowest BCUT2D eigenvalue weighted by atomic mass is 9.78. The average molecular weight is 479 g/mol. The van der Waals surface area contributed by atoms with Crippen LogP contribution in [0.3, 0.4) is 0 Å². The third kappa shape index (κ3) is 5.14. The summed E-state index contributed by atoms with van der Waals surface area (Å²) in [5.41, 5.74) is 2.42. The van der Waals surface area contributed by atoms with E-state index in [9.17, 15) is 18.8 Å². The monoisotopic (exact) mass is 478 g/mol. The molecular weight excluding hydrogens is 451 g/mol. The predicted molar refractivity (Wildman–Crippen MR) is 130 cm³/mol. The Hall–Kier alpha value is -3.85. The van der Waals surface area contributed by atoms with Crippen molar-refractivity contribution in [3.63, 3.8) is 0 Å². The number of nitrogens with one attached hydrogen (secondary N) is 1. The molecule has 2 aromatic rings. The van der Waals surface area contributed by atoms with Gasteiger partial charge in [0.2, 0.25) is 5.91 Å². The molecule has 1 aromatic heterocycles. The molecule has 182 valence electrons. The summed E-state index contributed by atoms with van der Waals surface area (Å²) >= 11 is 0. The number of allylic oxidation sites excluding steroid dienone is 4. The van der Waals surface area contributed by atoms with Gasteiger partial charge in [0.15, 0.2) is 0 Å². The smallest absolute Gasteiger partial charge is 0.274 e. The molecule has 1 aliphatic heterocycles. The summed E-state index contributed by atoms with van der Waals surface area (Å²) < 4.78 is 14.7. The fourth-order valence-electron chi connectivity index (χ4n) is 4.38. The molecule has 2 aliphatic rings. The lowest BCUT2D eigenvalue weighted by molar-refractivity contribution is -0.129. The molecule has 2 atom stereocenters. The van der Waals surface area contributed by atoms with Gasteiger partial charge >= 0.3 is 0 Å². The van der Waals surface area contributed by atoms with E-state index in [2.05, 4.69) is 10.4 Å².